The van der Waals surface area contributed by atoms with E-state index in [9.17, 15) is 5.11 Å². The molecular weight excluding hydrogens is 238 g/mol. The molecule has 0 bridgehead atoms. The molecule has 0 spiro atoms. The van der Waals surface area contributed by atoms with Crippen LogP contribution in [0.4, 0.5) is 0 Å². The molecule has 1 aromatic rings. The highest BCUT2D eigenvalue weighted by Crippen LogP contribution is 2.14. The summed E-state index contributed by atoms with van der Waals surface area (Å²) in [4.78, 5) is 0. The second kappa shape index (κ2) is 8.18. The van der Waals surface area contributed by atoms with Gasteiger partial charge < -0.3 is 15.2 Å². The van der Waals surface area contributed by atoms with E-state index in [1.807, 2.05) is 26.0 Å². The van der Waals surface area contributed by atoms with E-state index in [4.69, 9.17) is 4.74 Å². The average molecular weight is 265 g/mol. The summed E-state index contributed by atoms with van der Waals surface area (Å²) < 4.78 is 5.60. The van der Waals surface area contributed by atoms with Crippen LogP contribution in [0, 0.1) is 5.92 Å². The van der Waals surface area contributed by atoms with E-state index in [-0.39, 0.29) is 12.2 Å². The molecular formula is C16H27NO2. The van der Waals surface area contributed by atoms with Crippen LogP contribution in [0.2, 0.25) is 0 Å². The van der Waals surface area contributed by atoms with Crippen LogP contribution in [0.1, 0.15) is 39.7 Å². The normalized spacial score (nSPS) is 14.4. The molecule has 0 aliphatic rings. The van der Waals surface area contributed by atoms with Gasteiger partial charge in [0.15, 0.2) is 0 Å². The van der Waals surface area contributed by atoms with Gasteiger partial charge in [0.05, 0.1) is 12.2 Å². The van der Waals surface area contributed by atoms with E-state index < -0.39 is 0 Å². The largest absolute Gasteiger partial charge is 0.491 e. The zero-order valence-electron chi connectivity index (χ0n) is 12.5. The Bertz CT molecular complexity index is 348. The van der Waals surface area contributed by atoms with Crippen molar-refractivity contribution in [2.24, 2.45) is 5.92 Å². The summed E-state index contributed by atoms with van der Waals surface area (Å²) in [6.45, 7) is 9.62. The van der Waals surface area contributed by atoms with Gasteiger partial charge in [-0.1, -0.05) is 32.4 Å². The van der Waals surface area contributed by atoms with Gasteiger partial charge in [-0.3, -0.25) is 0 Å². The van der Waals surface area contributed by atoms with Gasteiger partial charge in [0.1, 0.15) is 5.75 Å². The Kier molecular flexibility index (Phi) is 6.89. The summed E-state index contributed by atoms with van der Waals surface area (Å²) in [7, 11) is 0. The van der Waals surface area contributed by atoms with E-state index in [2.05, 4.69) is 31.3 Å². The molecule has 19 heavy (non-hydrogen) atoms. The third kappa shape index (κ3) is 6.08. The summed E-state index contributed by atoms with van der Waals surface area (Å²) in [6, 6.07) is 8.09. The molecule has 2 N–H and O–H groups in total. The van der Waals surface area contributed by atoms with Gasteiger partial charge in [-0.15, -0.1) is 0 Å². The highest BCUT2D eigenvalue weighted by Gasteiger charge is 2.11. The van der Waals surface area contributed by atoms with Crippen LogP contribution in [0.25, 0.3) is 0 Å². The van der Waals surface area contributed by atoms with Crippen molar-refractivity contribution in [2.45, 2.75) is 52.9 Å². The van der Waals surface area contributed by atoms with E-state index in [0.29, 0.717) is 12.5 Å². The predicted octanol–water partition coefficient (Wildman–Crippen LogP) is 2.97. The van der Waals surface area contributed by atoms with Crippen molar-refractivity contribution < 1.29 is 9.84 Å². The molecule has 1 aromatic carbocycles. The van der Waals surface area contributed by atoms with Gasteiger partial charge in [-0.05, 0) is 37.5 Å². The number of rotatable bonds is 8. The number of hydrogen-bond donors (Lipinski definition) is 2. The molecule has 0 radical (unpaired) electrons. The van der Waals surface area contributed by atoms with Gasteiger partial charge >= 0.3 is 0 Å². The minimum atomic E-state index is -0.270. The van der Waals surface area contributed by atoms with Crippen molar-refractivity contribution in [3.8, 4) is 5.75 Å². The monoisotopic (exact) mass is 265 g/mol. The Labute approximate surface area is 117 Å². The lowest BCUT2D eigenvalue weighted by atomic mass is 10.0. The van der Waals surface area contributed by atoms with Crippen molar-refractivity contribution in [1.29, 1.82) is 0 Å². The third-order valence-electron chi connectivity index (χ3n) is 3.28. The molecule has 0 fully saturated rings. The summed E-state index contributed by atoms with van der Waals surface area (Å²) in [5, 5.41) is 13.1. The number of nitrogens with one attached hydrogen (secondary N) is 1. The fourth-order valence-corrected chi connectivity index (χ4v) is 1.80. The molecule has 0 heterocycles. The van der Waals surface area contributed by atoms with Crippen molar-refractivity contribution in [1.82, 2.24) is 5.32 Å². The van der Waals surface area contributed by atoms with Crippen molar-refractivity contribution in [2.75, 3.05) is 6.54 Å². The first-order valence-electron chi connectivity index (χ1n) is 7.17. The Balaban J connectivity index is 2.34. The van der Waals surface area contributed by atoms with Crippen molar-refractivity contribution in [3.63, 3.8) is 0 Å². The van der Waals surface area contributed by atoms with Gasteiger partial charge in [-0.2, -0.15) is 0 Å². The smallest absolute Gasteiger partial charge is 0.119 e. The Hall–Kier alpha value is -1.06. The second-order valence-electron chi connectivity index (χ2n) is 5.39. The average Bonchev–Trinajstić information content (AvgIpc) is 2.39. The molecule has 0 amide bonds. The summed E-state index contributed by atoms with van der Waals surface area (Å²) >= 11 is 0. The van der Waals surface area contributed by atoms with Crippen molar-refractivity contribution >= 4 is 0 Å². The molecule has 108 valence electrons. The summed E-state index contributed by atoms with van der Waals surface area (Å²) in [6.07, 6.45) is 0.938. The first-order chi connectivity index (χ1) is 9.02. The van der Waals surface area contributed by atoms with Crippen LogP contribution in [0.15, 0.2) is 24.3 Å². The van der Waals surface area contributed by atoms with Crippen LogP contribution in [-0.2, 0) is 6.54 Å². The highest BCUT2D eigenvalue weighted by atomic mass is 16.5. The lowest BCUT2D eigenvalue weighted by molar-refractivity contribution is 0.113. The highest BCUT2D eigenvalue weighted by molar-refractivity contribution is 5.27. The molecule has 3 heteroatoms. The minimum absolute atomic E-state index is 0.203. The van der Waals surface area contributed by atoms with Gasteiger partial charge in [0.25, 0.3) is 0 Å². The zero-order valence-corrected chi connectivity index (χ0v) is 12.5. The molecule has 3 nitrogen and oxygen atoms in total. The first kappa shape index (κ1) is 16.0. The second-order valence-corrected chi connectivity index (χ2v) is 5.39. The Morgan fingerprint density at radius 3 is 2.32 bits per heavy atom. The van der Waals surface area contributed by atoms with Gasteiger partial charge in [0.2, 0.25) is 0 Å². The van der Waals surface area contributed by atoms with Crippen LogP contribution in [0.3, 0.4) is 0 Å². The Morgan fingerprint density at radius 2 is 1.79 bits per heavy atom. The Morgan fingerprint density at radius 1 is 1.16 bits per heavy atom. The molecule has 0 aliphatic carbocycles. The third-order valence-corrected chi connectivity index (χ3v) is 3.28. The maximum absolute atomic E-state index is 9.86. The van der Waals surface area contributed by atoms with Gasteiger partial charge in [-0.25, -0.2) is 0 Å². The van der Waals surface area contributed by atoms with Crippen LogP contribution >= 0.6 is 0 Å². The topological polar surface area (TPSA) is 41.5 Å². The molecule has 0 saturated heterocycles. The SMILES string of the molecule is CCC(C)C(O)CNCc1ccc(OC(C)C)cc1. The van der Waals surface area contributed by atoms with E-state index in [1.165, 1.54) is 5.56 Å². The fraction of sp³-hybridized carbons (Fsp3) is 0.625. The number of ether oxygens (including phenoxy) is 1. The van der Waals surface area contributed by atoms with Crippen LogP contribution < -0.4 is 10.1 Å². The summed E-state index contributed by atoms with van der Waals surface area (Å²) in [5.41, 5.74) is 1.20. The fourth-order valence-electron chi connectivity index (χ4n) is 1.80. The molecule has 1 rings (SSSR count). The molecule has 2 unspecified atom stereocenters. The lowest BCUT2D eigenvalue weighted by Crippen LogP contribution is -2.31. The zero-order chi connectivity index (χ0) is 14.3. The number of hydrogen-bond acceptors (Lipinski definition) is 3. The maximum Gasteiger partial charge on any atom is 0.119 e. The summed E-state index contributed by atoms with van der Waals surface area (Å²) in [5.74, 6) is 1.24. The van der Waals surface area contributed by atoms with E-state index in [0.717, 1.165) is 18.7 Å². The first-order valence-corrected chi connectivity index (χ1v) is 7.17. The van der Waals surface area contributed by atoms with E-state index >= 15 is 0 Å². The van der Waals surface area contributed by atoms with Crippen molar-refractivity contribution in [3.05, 3.63) is 29.8 Å². The quantitative estimate of drug-likeness (QED) is 0.759. The standard InChI is InChI=1S/C16H27NO2/c1-5-13(4)16(18)11-17-10-14-6-8-15(9-7-14)19-12(2)3/h6-9,12-13,16-18H,5,10-11H2,1-4H3. The molecule has 2 atom stereocenters. The minimum Gasteiger partial charge on any atom is -0.491 e. The molecule has 0 aromatic heterocycles. The predicted molar refractivity (Wildman–Crippen MR) is 79.4 cm³/mol. The van der Waals surface area contributed by atoms with Crippen LogP contribution in [-0.4, -0.2) is 23.9 Å². The number of benzene rings is 1. The van der Waals surface area contributed by atoms with Crippen LogP contribution in [0.5, 0.6) is 5.75 Å². The van der Waals surface area contributed by atoms with Gasteiger partial charge in [0, 0.05) is 13.1 Å². The number of aliphatic hydroxyl groups excluding tert-OH is 1. The number of aliphatic hydroxyl groups is 1. The maximum atomic E-state index is 9.86. The lowest BCUT2D eigenvalue weighted by Gasteiger charge is -2.17. The molecule has 0 aliphatic heterocycles. The molecule has 0 saturated carbocycles. The van der Waals surface area contributed by atoms with E-state index in [1.54, 1.807) is 0 Å².